The fourth-order valence-electron chi connectivity index (χ4n) is 1.84. The van der Waals surface area contributed by atoms with E-state index in [1.807, 2.05) is 30.6 Å². The van der Waals surface area contributed by atoms with Crippen LogP contribution in [0, 0.1) is 20.8 Å². The first-order valence-corrected chi connectivity index (χ1v) is 6.17. The standard InChI is InChI=1S/C16H18N2/c1-12-7-8-16(14(3)13(12)2)18-11-9-15-6-4-5-10-17-15/h4-8,10-11H,9H2,1-3H3. The highest BCUT2D eigenvalue weighted by Crippen LogP contribution is 2.23. The Labute approximate surface area is 108 Å². The molecule has 0 radical (unpaired) electrons. The summed E-state index contributed by atoms with van der Waals surface area (Å²) in [6.07, 6.45) is 4.51. The molecule has 0 bridgehead atoms. The number of pyridine rings is 1. The second-order valence-corrected chi connectivity index (χ2v) is 4.49. The monoisotopic (exact) mass is 238 g/mol. The summed E-state index contributed by atoms with van der Waals surface area (Å²) in [6, 6.07) is 10.1. The van der Waals surface area contributed by atoms with E-state index in [1.54, 1.807) is 0 Å². The van der Waals surface area contributed by atoms with Gasteiger partial charge in [-0.2, -0.15) is 0 Å². The molecule has 1 aromatic heterocycles. The van der Waals surface area contributed by atoms with Gasteiger partial charge in [0, 0.05) is 24.5 Å². The fraction of sp³-hybridized carbons (Fsp3) is 0.250. The van der Waals surface area contributed by atoms with Gasteiger partial charge in [0.15, 0.2) is 0 Å². The normalized spacial score (nSPS) is 11.1. The number of hydrogen-bond acceptors (Lipinski definition) is 2. The molecule has 2 heteroatoms. The molecule has 1 heterocycles. The summed E-state index contributed by atoms with van der Waals surface area (Å²) in [5, 5.41) is 0. The molecule has 2 aromatic rings. The SMILES string of the molecule is Cc1ccc(N=CCc2ccccn2)c(C)c1C. The van der Waals surface area contributed by atoms with Crippen molar-refractivity contribution in [2.45, 2.75) is 27.2 Å². The van der Waals surface area contributed by atoms with Crippen molar-refractivity contribution in [3.05, 3.63) is 58.9 Å². The van der Waals surface area contributed by atoms with E-state index in [0.29, 0.717) is 0 Å². The zero-order chi connectivity index (χ0) is 13.0. The molecule has 0 saturated heterocycles. The largest absolute Gasteiger partial charge is 0.261 e. The van der Waals surface area contributed by atoms with Crippen molar-refractivity contribution in [1.29, 1.82) is 0 Å². The summed E-state index contributed by atoms with van der Waals surface area (Å²) >= 11 is 0. The maximum Gasteiger partial charge on any atom is 0.0657 e. The highest BCUT2D eigenvalue weighted by Gasteiger charge is 2.01. The van der Waals surface area contributed by atoms with E-state index in [-0.39, 0.29) is 0 Å². The lowest BCUT2D eigenvalue weighted by Gasteiger charge is -2.07. The Morgan fingerprint density at radius 2 is 1.89 bits per heavy atom. The van der Waals surface area contributed by atoms with Crippen LogP contribution < -0.4 is 0 Å². The molecule has 2 nitrogen and oxygen atoms in total. The average molecular weight is 238 g/mol. The van der Waals surface area contributed by atoms with Crippen LogP contribution in [0.25, 0.3) is 0 Å². The van der Waals surface area contributed by atoms with E-state index in [9.17, 15) is 0 Å². The van der Waals surface area contributed by atoms with E-state index >= 15 is 0 Å². The molecule has 0 aliphatic carbocycles. The van der Waals surface area contributed by atoms with Gasteiger partial charge in [-0.25, -0.2) is 0 Å². The summed E-state index contributed by atoms with van der Waals surface area (Å²) in [5.74, 6) is 0. The zero-order valence-electron chi connectivity index (χ0n) is 11.1. The first-order chi connectivity index (χ1) is 8.68. The lowest BCUT2D eigenvalue weighted by atomic mass is 10.0. The van der Waals surface area contributed by atoms with Gasteiger partial charge >= 0.3 is 0 Å². The number of hydrogen-bond donors (Lipinski definition) is 0. The molecule has 0 unspecified atom stereocenters. The van der Waals surface area contributed by atoms with E-state index in [1.165, 1.54) is 16.7 Å². The summed E-state index contributed by atoms with van der Waals surface area (Å²) in [7, 11) is 0. The molecule has 0 saturated carbocycles. The van der Waals surface area contributed by atoms with Gasteiger partial charge in [-0.3, -0.25) is 9.98 Å². The van der Waals surface area contributed by atoms with Crippen molar-refractivity contribution in [3.63, 3.8) is 0 Å². The topological polar surface area (TPSA) is 25.2 Å². The Kier molecular flexibility index (Phi) is 3.88. The van der Waals surface area contributed by atoms with Crippen LogP contribution in [0.1, 0.15) is 22.4 Å². The van der Waals surface area contributed by atoms with Crippen LogP contribution in [0.2, 0.25) is 0 Å². The van der Waals surface area contributed by atoms with Gasteiger partial charge in [0.05, 0.1) is 5.69 Å². The van der Waals surface area contributed by atoms with Crippen molar-refractivity contribution < 1.29 is 0 Å². The van der Waals surface area contributed by atoms with Crippen molar-refractivity contribution in [3.8, 4) is 0 Å². The van der Waals surface area contributed by atoms with Crippen LogP contribution in [0.5, 0.6) is 0 Å². The fourth-order valence-corrected chi connectivity index (χ4v) is 1.84. The molecule has 0 atom stereocenters. The van der Waals surface area contributed by atoms with Crippen molar-refractivity contribution in [2.75, 3.05) is 0 Å². The maximum absolute atomic E-state index is 4.54. The number of aliphatic imine (C=N–C) groups is 1. The van der Waals surface area contributed by atoms with Crippen molar-refractivity contribution in [1.82, 2.24) is 4.98 Å². The Morgan fingerprint density at radius 1 is 1.06 bits per heavy atom. The predicted molar refractivity (Wildman–Crippen MR) is 76.7 cm³/mol. The average Bonchev–Trinajstić information content (AvgIpc) is 2.40. The molecule has 1 aromatic carbocycles. The van der Waals surface area contributed by atoms with Crippen molar-refractivity contribution in [2.24, 2.45) is 4.99 Å². The number of benzene rings is 1. The minimum absolute atomic E-state index is 0.771. The second-order valence-electron chi connectivity index (χ2n) is 4.49. The first-order valence-electron chi connectivity index (χ1n) is 6.17. The zero-order valence-corrected chi connectivity index (χ0v) is 11.1. The lowest BCUT2D eigenvalue weighted by molar-refractivity contribution is 1.15. The summed E-state index contributed by atoms with van der Waals surface area (Å²) in [6.45, 7) is 6.39. The van der Waals surface area contributed by atoms with Gasteiger partial charge < -0.3 is 0 Å². The number of aryl methyl sites for hydroxylation is 1. The highest BCUT2D eigenvalue weighted by molar-refractivity contribution is 5.67. The molecule has 0 aliphatic rings. The van der Waals surface area contributed by atoms with Crippen molar-refractivity contribution >= 4 is 11.9 Å². The quantitative estimate of drug-likeness (QED) is 0.743. The second kappa shape index (κ2) is 5.58. The number of rotatable bonds is 3. The molecular weight excluding hydrogens is 220 g/mol. The summed E-state index contributed by atoms with van der Waals surface area (Å²) in [4.78, 5) is 8.81. The van der Waals surface area contributed by atoms with E-state index in [0.717, 1.165) is 17.8 Å². The van der Waals surface area contributed by atoms with Gasteiger partial charge in [-0.1, -0.05) is 12.1 Å². The van der Waals surface area contributed by atoms with Crippen LogP contribution >= 0.6 is 0 Å². The third kappa shape index (κ3) is 2.83. The number of nitrogens with zero attached hydrogens (tertiary/aromatic N) is 2. The minimum atomic E-state index is 0.771. The maximum atomic E-state index is 4.54. The first kappa shape index (κ1) is 12.5. The Bertz CT molecular complexity index is 557. The number of aromatic nitrogens is 1. The third-order valence-electron chi connectivity index (χ3n) is 3.29. The Balaban J connectivity index is 2.13. The predicted octanol–water partition coefficient (Wildman–Crippen LogP) is 3.95. The van der Waals surface area contributed by atoms with E-state index in [4.69, 9.17) is 0 Å². The molecule has 92 valence electrons. The summed E-state index contributed by atoms with van der Waals surface area (Å²) < 4.78 is 0. The minimum Gasteiger partial charge on any atom is -0.261 e. The summed E-state index contributed by atoms with van der Waals surface area (Å²) in [5.41, 5.74) is 5.99. The van der Waals surface area contributed by atoms with Crippen LogP contribution in [-0.4, -0.2) is 11.2 Å². The molecular formula is C16H18N2. The Morgan fingerprint density at radius 3 is 2.61 bits per heavy atom. The molecule has 0 fully saturated rings. The van der Waals surface area contributed by atoms with Gasteiger partial charge in [0.1, 0.15) is 0 Å². The van der Waals surface area contributed by atoms with Gasteiger partial charge in [0.2, 0.25) is 0 Å². The van der Waals surface area contributed by atoms with E-state index < -0.39 is 0 Å². The van der Waals surface area contributed by atoms with Crippen LogP contribution in [-0.2, 0) is 6.42 Å². The van der Waals surface area contributed by atoms with Gasteiger partial charge in [0.25, 0.3) is 0 Å². The third-order valence-corrected chi connectivity index (χ3v) is 3.29. The molecule has 2 rings (SSSR count). The molecule has 18 heavy (non-hydrogen) atoms. The smallest absolute Gasteiger partial charge is 0.0657 e. The Hall–Kier alpha value is -1.96. The molecule has 0 N–H and O–H groups in total. The van der Waals surface area contributed by atoms with Crippen LogP contribution in [0.3, 0.4) is 0 Å². The lowest BCUT2D eigenvalue weighted by Crippen LogP contribution is -1.90. The highest BCUT2D eigenvalue weighted by atomic mass is 14.7. The molecule has 0 spiro atoms. The molecule has 0 amide bonds. The van der Waals surface area contributed by atoms with Gasteiger partial charge in [-0.05, 0) is 55.7 Å². The van der Waals surface area contributed by atoms with E-state index in [2.05, 4.69) is 42.9 Å². The van der Waals surface area contributed by atoms with Crippen LogP contribution in [0.15, 0.2) is 41.5 Å². The van der Waals surface area contributed by atoms with Gasteiger partial charge in [-0.15, -0.1) is 0 Å². The van der Waals surface area contributed by atoms with Crippen LogP contribution in [0.4, 0.5) is 5.69 Å². The molecule has 0 aliphatic heterocycles.